The summed E-state index contributed by atoms with van der Waals surface area (Å²) in [6.45, 7) is 0. The van der Waals surface area contributed by atoms with Crippen molar-refractivity contribution in [2.45, 2.75) is 12.6 Å². The molecule has 10 heteroatoms. The summed E-state index contributed by atoms with van der Waals surface area (Å²) in [5, 5.41) is 48.3. The molecule has 0 spiro atoms. The third kappa shape index (κ3) is 23.0. The number of carboxylic acids is 2. The normalized spacial score (nSPS) is 7.86. The van der Waals surface area contributed by atoms with Gasteiger partial charge in [-0.2, -0.15) is 0 Å². The molecule has 8 nitrogen and oxygen atoms in total. The van der Waals surface area contributed by atoms with Gasteiger partial charge in [0.15, 0.2) is 12.6 Å². The Morgan fingerprint density at radius 3 is 0.857 bits per heavy atom. The SMILES string of the molecule is O=C([O-])C(O)O.O=C([O-])C(O)O.[Na+].[Na+]. The fourth-order valence-electron chi connectivity index (χ4n) is 0. The van der Waals surface area contributed by atoms with Crippen LogP contribution in [0.2, 0.25) is 0 Å². The molecule has 0 aromatic carbocycles. The summed E-state index contributed by atoms with van der Waals surface area (Å²) >= 11 is 0. The fourth-order valence-corrected chi connectivity index (χ4v) is 0. The van der Waals surface area contributed by atoms with Crippen molar-refractivity contribution in [1.29, 1.82) is 0 Å². The molecular weight excluding hydrogens is 222 g/mol. The third-order valence-electron chi connectivity index (χ3n) is 0.422. The second-order valence-electron chi connectivity index (χ2n) is 1.39. The zero-order valence-corrected chi connectivity index (χ0v) is 11.6. The second-order valence-corrected chi connectivity index (χ2v) is 1.39. The van der Waals surface area contributed by atoms with Gasteiger partial charge in [0.1, 0.15) is 0 Å². The predicted molar refractivity (Wildman–Crippen MR) is 26.5 cm³/mol. The maximum atomic E-state index is 9.09. The number of aliphatic hydroxyl groups is 4. The van der Waals surface area contributed by atoms with E-state index in [-0.39, 0.29) is 59.1 Å². The molecule has 0 heterocycles. The summed E-state index contributed by atoms with van der Waals surface area (Å²) in [6.07, 6.45) is -4.69. The van der Waals surface area contributed by atoms with Crippen molar-refractivity contribution in [3.05, 3.63) is 0 Å². The molecule has 0 radical (unpaired) electrons. The monoisotopic (exact) mass is 228 g/mol. The number of carbonyl (C=O) groups is 2. The van der Waals surface area contributed by atoms with Crippen molar-refractivity contribution < 1.29 is 99.3 Å². The van der Waals surface area contributed by atoms with E-state index in [2.05, 4.69) is 0 Å². The van der Waals surface area contributed by atoms with Crippen LogP contribution in [0.25, 0.3) is 0 Å². The topological polar surface area (TPSA) is 161 Å². The van der Waals surface area contributed by atoms with Crippen molar-refractivity contribution in [2.24, 2.45) is 0 Å². The molecule has 4 N–H and O–H groups in total. The Balaban J connectivity index is -0.0000000625. The van der Waals surface area contributed by atoms with E-state index < -0.39 is 24.5 Å². The number of carboxylic acid groups (broad SMARTS) is 2. The largest absolute Gasteiger partial charge is 1.00 e. The van der Waals surface area contributed by atoms with Crippen LogP contribution in [0.5, 0.6) is 0 Å². The van der Waals surface area contributed by atoms with Gasteiger partial charge in [0, 0.05) is 0 Å². The average Bonchev–Trinajstić information content (AvgIpc) is 1.88. The molecule has 0 bridgehead atoms. The number of hydrogen-bond acceptors (Lipinski definition) is 8. The molecule has 0 rings (SSSR count). The smallest absolute Gasteiger partial charge is 0.545 e. The Morgan fingerprint density at radius 1 is 0.786 bits per heavy atom. The first-order valence-corrected chi connectivity index (χ1v) is 2.43. The standard InChI is InChI=1S/2C2H4O4.2Na/c2*3-1(4)2(5)6;;/h2*1,3-4H,(H,5,6);;/q;;2*+1/p-2. The molecular formula is C4H6Na2O8. The first-order chi connectivity index (χ1) is 5.29. The molecule has 72 valence electrons. The Hall–Kier alpha value is 0.780. The van der Waals surface area contributed by atoms with E-state index >= 15 is 0 Å². The molecule has 0 aliphatic rings. The Kier molecular flexibility index (Phi) is 23.8. The molecule has 0 saturated carbocycles. The molecule has 14 heavy (non-hydrogen) atoms. The first-order valence-electron chi connectivity index (χ1n) is 2.43. The number of aliphatic hydroxyl groups excluding tert-OH is 2. The minimum atomic E-state index is -2.34. The number of carbonyl (C=O) groups excluding carboxylic acids is 2. The van der Waals surface area contributed by atoms with E-state index in [9.17, 15) is 0 Å². The zero-order valence-electron chi connectivity index (χ0n) is 7.58. The molecule has 0 aliphatic carbocycles. The van der Waals surface area contributed by atoms with Gasteiger partial charge in [0.2, 0.25) is 0 Å². The van der Waals surface area contributed by atoms with Gasteiger partial charge in [-0.1, -0.05) is 0 Å². The fraction of sp³-hybridized carbons (Fsp3) is 0.500. The summed E-state index contributed by atoms with van der Waals surface area (Å²) in [7, 11) is 0. The van der Waals surface area contributed by atoms with E-state index in [1.807, 2.05) is 0 Å². The van der Waals surface area contributed by atoms with Gasteiger partial charge >= 0.3 is 59.1 Å². The Bertz CT molecular complexity index is 139. The first kappa shape index (κ1) is 24.2. The predicted octanol–water partition coefficient (Wildman–Crippen LogP) is -11.9. The number of rotatable bonds is 2. The molecule has 0 aromatic rings. The number of hydrogen-bond donors (Lipinski definition) is 4. The van der Waals surface area contributed by atoms with Crippen LogP contribution in [0.15, 0.2) is 0 Å². The van der Waals surface area contributed by atoms with Crippen LogP contribution < -0.4 is 69.3 Å². The van der Waals surface area contributed by atoms with Crippen molar-refractivity contribution in [1.82, 2.24) is 0 Å². The van der Waals surface area contributed by atoms with Crippen molar-refractivity contribution in [3.63, 3.8) is 0 Å². The Labute approximate surface area is 123 Å². The summed E-state index contributed by atoms with van der Waals surface area (Å²) < 4.78 is 0. The van der Waals surface area contributed by atoms with Gasteiger partial charge < -0.3 is 40.2 Å². The molecule has 0 amide bonds. The second kappa shape index (κ2) is 13.8. The van der Waals surface area contributed by atoms with Crippen LogP contribution in [-0.2, 0) is 9.59 Å². The summed E-state index contributed by atoms with van der Waals surface area (Å²) in [5.41, 5.74) is 0. The van der Waals surface area contributed by atoms with Crippen LogP contribution >= 0.6 is 0 Å². The van der Waals surface area contributed by atoms with Gasteiger partial charge in [-0.15, -0.1) is 0 Å². The zero-order chi connectivity index (χ0) is 10.3. The van der Waals surface area contributed by atoms with Crippen LogP contribution in [0, 0.1) is 0 Å². The average molecular weight is 228 g/mol. The molecule has 0 aliphatic heterocycles. The molecule has 0 fully saturated rings. The maximum absolute atomic E-state index is 9.09. The minimum absolute atomic E-state index is 0. The van der Waals surface area contributed by atoms with Crippen LogP contribution in [0.1, 0.15) is 0 Å². The Morgan fingerprint density at radius 2 is 0.857 bits per heavy atom. The van der Waals surface area contributed by atoms with Crippen LogP contribution in [-0.4, -0.2) is 44.9 Å². The van der Waals surface area contributed by atoms with E-state index in [1.54, 1.807) is 0 Å². The molecule has 0 aromatic heterocycles. The van der Waals surface area contributed by atoms with E-state index in [1.165, 1.54) is 0 Å². The van der Waals surface area contributed by atoms with E-state index in [0.717, 1.165) is 0 Å². The van der Waals surface area contributed by atoms with Gasteiger partial charge in [-0.25, -0.2) is 0 Å². The quantitative estimate of drug-likeness (QED) is 0.267. The summed E-state index contributed by atoms with van der Waals surface area (Å²) in [6, 6.07) is 0. The third-order valence-corrected chi connectivity index (χ3v) is 0.422. The summed E-state index contributed by atoms with van der Waals surface area (Å²) in [4.78, 5) is 18.2. The van der Waals surface area contributed by atoms with Crippen molar-refractivity contribution >= 4 is 11.9 Å². The molecule has 0 atom stereocenters. The van der Waals surface area contributed by atoms with Gasteiger partial charge in [-0.05, 0) is 0 Å². The van der Waals surface area contributed by atoms with Crippen LogP contribution in [0.3, 0.4) is 0 Å². The van der Waals surface area contributed by atoms with Gasteiger partial charge in [0.25, 0.3) is 0 Å². The van der Waals surface area contributed by atoms with E-state index in [0.29, 0.717) is 0 Å². The molecule has 0 unspecified atom stereocenters. The number of aliphatic carboxylic acids is 2. The minimum Gasteiger partial charge on any atom is -0.545 e. The molecule has 0 saturated heterocycles. The maximum Gasteiger partial charge on any atom is 1.00 e. The van der Waals surface area contributed by atoms with Crippen molar-refractivity contribution in [2.75, 3.05) is 0 Å². The van der Waals surface area contributed by atoms with E-state index in [4.69, 9.17) is 40.2 Å². The summed E-state index contributed by atoms with van der Waals surface area (Å²) in [5.74, 6) is -3.76. The van der Waals surface area contributed by atoms with Crippen LogP contribution in [0.4, 0.5) is 0 Å². The van der Waals surface area contributed by atoms with Crippen molar-refractivity contribution in [3.8, 4) is 0 Å². The van der Waals surface area contributed by atoms with Gasteiger partial charge in [0.05, 0.1) is 11.9 Å². The van der Waals surface area contributed by atoms with Gasteiger partial charge in [-0.3, -0.25) is 0 Å².